The van der Waals surface area contributed by atoms with E-state index in [1.54, 1.807) is 41.5 Å². The molecule has 0 heterocycles. The maximum Gasteiger partial charge on any atom is 0.407 e. The molecule has 0 bridgehead atoms. The lowest BCUT2D eigenvalue weighted by Crippen LogP contribution is -2.42. The highest BCUT2D eigenvalue weighted by atomic mass is 35.5. The molecule has 0 spiro atoms. The molecule has 0 aliphatic heterocycles. The summed E-state index contributed by atoms with van der Waals surface area (Å²) in [5.41, 5.74) is 0.623. The van der Waals surface area contributed by atoms with Crippen LogP contribution in [-0.2, 0) is 31.1 Å². The number of ether oxygens (including phenoxy) is 2. The first-order valence-electron chi connectivity index (χ1n) is 11.5. The standard InChI is InChI=1S/C25H40Cl2N2O5/c1-17-8-9-19(25(34-28,10-12-26)11-13-27)14-18(17)15-20(16-21(30)32-23(2,3)4)29-22(31)33-24(5,6)7/h8-9,14,20H,10-13,15-16,28H2,1-7H3,(H,29,31)/t20-/m0/s1. The van der Waals surface area contributed by atoms with E-state index in [0.717, 1.165) is 16.7 Å². The highest BCUT2D eigenvalue weighted by molar-refractivity contribution is 6.18. The van der Waals surface area contributed by atoms with Gasteiger partial charge < -0.3 is 14.8 Å². The predicted octanol–water partition coefficient (Wildman–Crippen LogP) is 5.51. The van der Waals surface area contributed by atoms with Gasteiger partial charge in [-0.2, -0.15) is 0 Å². The van der Waals surface area contributed by atoms with Gasteiger partial charge in [-0.15, -0.1) is 23.2 Å². The molecule has 1 rings (SSSR count). The fourth-order valence-corrected chi connectivity index (χ4v) is 4.19. The van der Waals surface area contributed by atoms with E-state index in [0.29, 0.717) is 31.0 Å². The number of esters is 1. The summed E-state index contributed by atoms with van der Waals surface area (Å²) in [6, 6.07) is 5.32. The summed E-state index contributed by atoms with van der Waals surface area (Å²) in [4.78, 5) is 30.5. The van der Waals surface area contributed by atoms with Crippen molar-refractivity contribution in [3.63, 3.8) is 0 Å². The normalized spacial score (nSPS) is 13.4. The summed E-state index contributed by atoms with van der Waals surface area (Å²) >= 11 is 12.1. The summed E-state index contributed by atoms with van der Waals surface area (Å²) in [5.74, 6) is 5.98. The van der Waals surface area contributed by atoms with Gasteiger partial charge in [0.15, 0.2) is 0 Å². The number of benzene rings is 1. The molecule has 0 aromatic heterocycles. The molecule has 3 N–H and O–H groups in total. The molecule has 0 radical (unpaired) electrons. The molecule has 7 nitrogen and oxygen atoms in total. The van der Waals surface area contributed by atoms with Crippen LogP contribution in [-0.4, -0.2) is 41.1 Å². The number of alkyl carbamates (subject to hydrolysis) is 1. The third kappa shape index (κ3) is 10.4. The molecule has 0 unspecified atom stereocenters. The number of carbonyl (C=O) groups is 2. The molecule has 34 heavy (non-hydrogen) atoms. The first-order chi connectivity index (χ1) is 15.6. The summed E-state index contributed by atoms with van der Waals surface area (Å²) in [6.45, 7) is 12.7. The molecule has 1 atom stereocenters. The summed E-state index contributed by atoms with van der Waals surface area (Å²) < 4.78 is 10.9. The van der Waals surface area contributed by atoms with E-state index in [1.165, 1.54) is 0 Å². The number of aryl methyl sites for hydroxylation is 1. The minimum absolute atomic E-state index is 0.0118. The number of amides is 1. The van der Waals surface area contributed by atoms with Crippen LogP contribution in [0.1, 0.15) is 77.5 Å². The second-order valence-corrected chi connectivity index (χ2v) is 11.2. The van der Waals surface area contributed by atoms with Crippen LogP contribution < -0.4 is 11.2 Å². The summed E-state index contributed by atoms with van der Waals surface area (Å²) in [6.07, 6.45) is 0.733. The van der Waals surface area contributed by atoms with Crippen molar-refractivity contribution in [2.24, 2.45) is 5.90 Å². The predicted molar refractivity (Wildman–Crippen MR) is 136 cm³/mol. The number of carbonyl (C=O) groups excluding carboxylic acids is 2. The maximum absolute atomic E-state index is 12.6. The Morgan fingerprint density at radius 2 is 1.56 bits per heavy atom. The molecule has 1 aromatic carbocycles. The van der Waals surface area contributed by atoms with Crippen molar-refractivity contribution in [1.29, 1.82) is 0 Å². The summed E-state index contributed by atoms with van der Waals surface area (Å²) in [5, 5.41) is 2.83. The van der Waals surface area contributed by atoms with Gasteiger partial charge in [0.1, 0.15) is 16.8 Å². The van der Waals surface area contributed by atoms with Crippen LogP contribution in [0.4, 0.5) is 4.79 Å². The minimum Gasteiger partial charge on any atom is -0.460 e. The average Bonchev–Trinajstić information content (AvgIpc) is 2.66. The third-order valence-electron chi connectivity index (χ3n) is 5.12. The second kappa shape index (κ2) is 13.0. The Hall–Kier alpha value is -1.54. The fourth-order valence-electron chi connectivity index (χ4n) is 3.58. The third-order valence-corrected chi connectivity index (χ3v) is 5.50. The van der Waals surface area contributed by atoms with Crippen LogP contribution in [0.3, 0.4) is 0 Å². The Labute approximate surface area is 213 Å². The maximum atomic E-state index is 12.6. The molecular weight excluding hydrogens is 479 g/mol. The van der Waals surface area contributed by atoms with Crippen LogP contribution in [0.5, 0.6) is 0 Å². The lowest BCUT2D eigenvalue weighted by Gasteiger charge is -2.32. The zero-order valence-corrected chi connectivity index (χ0v) is 22.9. The number of rotatable bonds is 11. The van der Waals surface area contributed by atoms with E-state index in [2.05, 4.69) is 5.32 Å². The number of hydrogen-bond donors (Lipinski definition) is 2. The molecule has 0 aliphatic carbocycles. The van der Waals surface area contributed by atoms with Gasteiger partial charge in [0.2, 0.25) is 0 Å². The molecule has 0 saturated heterocycles. The van der Waals surface area contributed by atoms with E-state index >= 15 is 0 Å². The minimum atomic E-state index is -0.828. The first kappa shape index (κ1) is 30.5. The smallest absolute Gasteiger partial charge is 0.407 e. The second-order valence-electron chi connectivity index (χ2n) is 10.5. The Morgan fingerprint density at radius 1 is 1.00 bits per heavy atom. The van der Waals surface area contributed by atoms with Crippen molar-refractivity contribution in [2.75, 3.05) is 11.8 Å². The highest BCUT2D eigenvalue weighted by Crippen LogP contribution is 2.34. The fraction of sp³-hybridized carbons (Fsp3) is 0.680. The Morgan fingerprint density at radius 3 is 2.03 bits per heavy atom. The zero-order chi connectivity index (χ0) is 26.2. The lowest BCUT2D eigenvalue weighted by molar-refractivity contribution is -0.155. The van der Waals surface area contributed by atoms with Gasteiger partial charge >= 0.3 is 12.1 Å². The van der Waals surface area contributed by atoms with Crippen LogP contribution in [0, 0.1) is 6.92 Å². The monoisotopic (exact) mass is 518 g/mol. The van der Waals surface area contributed by atoms with E-state index in [1.807, 2.05) is 25.1 Å². The van der Waals surface area contributed by atoms with Gasteiger partial charge in [0.05, 0.1) is 6.42 Å². The topological polar surface area (TPSA) is 99.9 Å². The molecule has 0 saturated carbocycles. The van der Waals surface area contributed by atoms with Crippen molar-refractivity contribution >= 4 is 35.3 Å². The van der Waals surface area contributed by atoms with Crippen LogP contribution in [0.2, 0.25) is 0 Å². The zero-order valence-electron chi connectivity index (χ0n) is 21.4. The molecule has 1 aromatic rings. The number of nitrogens with one attached hydrogen (secondary N) is 1. The van der Waals surface area contributed by atoms with Gasteiger partial charge in [-0.3, -0.25) is 9.63 Å². The molecule has 1 amide bonds. The van der Waals surface area contributed by atoms with Gasteiger partial charge in [0.25, 0.3) is 0 Å². The number of alkyl halides is 2. The number of nitrogens with two attached hydrogens (primary N) is 1. The van der Waals surface area contributed by atoms with E-state index in [9.17, 15) is 9.59 Å². The number of hydrogen-bond acceptors (Lipinski definition) is 6. The molecule has 194 valence electrons. The molecule has 9 heteroatoms. The van der Waals surface area contributed by atoms with E-state index in [4.69, 9.17) is 43.4 Å². The van der Waals surface area contributed by atoms with Crippen LogP contribution in [0.15, 0.2) is 18.2 Å². The van der Waals surface area contributed by atoms with Crippen molar-refractivity contribution in [1.82, 2.24) is 5.32 Å². The Bertz CT molecular complexity index is 783. The summed E-state index contributed by atoms with van der Waals surface area (Å²) in [7, 11) is 0. The van der Waals surface area contributed by atoms with Crippen molar-refractivity contribution in [3.05, 3.63) is 34.9 Å². The first-order valence-corrected chi connectivity index (χ1v) is 12.5. The van der Waals surface area contributed by atoms with Gasteiger partial charge in [-0.25, -0.2) is 10.7 Å². The van der Waals surface area contributed by atoms with Crippen molar-refractivity contribution in [2.45, 2.75) is 97.0 Å². The molecular formula is C25H40Cl2N2O5. The average molecular weight is 520 g/mol. The van der Waals surface area contributed by atoms with Crippen LogP contribution >= 0.6 is 23.2 Å². The van der Waals surface area contributed by atoms with Gasteiger partial charge in [-0.1, -0.05) is 18.2 Å². The number of halogens is 2. The quantitative estimate of drug-likeness (QED) is 0.227. The highest BCUT2D eigenvalue weighted by Gasteiger charge is 2.33. The van der Waals surface area contributed by atoms with Crippen LogP contribution in [0.25, 0.3) is 0 Å². The SMILES string of the molecule is Cc1ccc(C(CCCl)(CCCl)ON)cc1C[C@@H](CC(=O)OC(C)(C)C)NC(=O)OC(C)(C)C. The molecule has 0 aliphatic rings. The van der Waals surface area contributed by atoms with E-state index in [-0.39, 0.29) is 6.42 Å². The largest absolute Gasteiger partial charge is 0.460 e. The van der Waals surface area contributed by atoms with Gasteiger partial charge in [0, 0.05) is 17.8 Å². The lowest BCUT2D eigenvalue weighted by atomic mass is 9.85. The van der Waals surface area contributed by atoms with E-state index < -0.39 is 34.9 Å². The molecule has 0 fully saturated rings. The Balaban J connectivity index is 3.27. The van der Waals surface area contributed by atoms with Gasteiger partial charge in [-0.05, 0) is 84.4 Å². The van der Waals surface area contributed by atoms with Crippen molar-refractivity contribution < 1.29 is 23.9 Å². The van der Waals surface area contributed by atoms with Crippen molar-refractivity contribution in [3.8, 4) is 0 Å². The Kier molecular flexibility index (Phi) is 11.6.